The van der Waals surface area contributed by atoms with E-state index in [0.717, 1.165) is 28.8 Å². The van der Waals surface area contributed by atoms with Crippen LogP contribution in [0.4, 0.5) is 0 Å². The molecular formula is C14H20BrNOS. The maximum absolute atomic E-state index is 12.1. The summed E-state index contributed by atoms with van der Waals surface area (Å²) in [6, 6.07) is 8.07. The highest BCUT2D eigenvalue weighted by Gasteiger charge is 2.17. The molecule has 0 bridgehead atoms. The van der Waals surface area contributed by atoms with Gasteiger partial charge in [-0.05, 0) is 37.6 Å². The van der Waals surface area contributed by atoms with Gasteiger partial charge in [-0.3, -0.25) is 4.79 Å². The molecule has 1 aromatic carbocycles. The van der Waals surface area contributed by atoms with Gasteiger partial charge in [0.05, 0.1) is 5.25 Å². The summed E-state index contributed by atoms with van der Waals surface area (Å²) >= 11 is 5.02. The van der Waals surface area contributed by atoms with Crippen molar-refractivity contribution in [3.05, 3.63) is 28.7 Å². The molecule has 0 N–H and O–H groups in total. The van der Waals surface area contributed by atoms with E-state index in [1.807, 2.05) is 43.1 Å². The van der Waals surface area contributed by atoms with Gasteiger partial charge in [-0.1, -0.05) is 29.3 Å². The van der Waals surface area contributed by atoms with Gasteiger partial charge in [0.25, 0.3) is 0 Å². The van der Waals surface area contributed by atoms with Crippen molar-refractivity contribution < 1.29 is 4.79 Å². The first kappa shape index (κ1) is 15.6. The highest BCUT2D eigenvalue weighted by molar-refractivity contribution is 9.10. The summed E-state index contributed by atoms with van der Waals surface area (Å²) in [6.45, 7) is 4.95. The number of amides is 1. The van der Waals surface area contributed by atoms with Crippen molar-refractivity contribution in [2.45, 2.75) is 36.8 Å². The topological polar surface area (TPSA) is 20.3 Å². The molecule has 4 heteroatoms. The Labute approximate surface area is 122 Å². The van der Waals surface area contributed by atoms with Crippen molar-refractivity contribution in [1.82, 2.24) is 4.90 Å². The molecule has 0 aromatic heterocycles. The number of hydrogen-bond acceptors (Lipinski definition) is 2. The van der Waals surface area contributed by atoms with Crippen LogP contribution >= 0.6 is 27.7 Å². The monoisotopic (exact) mass is 329 g/mol. The molecule has 0 saturated heterocycles. The first-order chi connectivity index (χ1) is 8.54. The van der Waals surface area contributed by atoms with Crippen LogP contribution in [0.5, 0.6) is 0 Å². The summed E-state index contributed by atoms with van der Waals surface area (Å²) in [6.07, 6.45) is 2.18. The lowest BCUT2D eigenvalue weighted by atomic mass is 10.3. The average Bonchev–Trinajstić information content (AvgIpc) is 2.37. The van der Waals surface area contributed by atoms with E-state index in [4.69, 9.17) is 0 Å². The van der Waals surface area contributed by atoms with E-state index in [1.54, 1.807) is 11.8 Å². The molecular weight excluding hydrogens is 310 g/mol. The fraction of sp³-hybridized carbons (Fsp3) is 0.500. The summed E-state index contributed by atoms with van der Waals surface area (Å²) in [5, 5.41) is -0.0342. The van der Waals surface area contributed by atoms with Gasteiger partial charge in [-0.25, -0.2) is 0 Å². The number of nitrogens with zero attached hydrogens (tertiary/aromatic N) is 1. The van der Waals surface area contributed by atoms with Gasteiger partial charge >= 0.3 is 0 Å². The fourth-order valence-corrected chi connectivity index (χ4v) is 2.83. The SMILES string of the molecule is CCCCN(C)C(=O)C(C)Sc1ccc(Br)cc1. The van der Waals surface area contributed by atoms with Gasteiger partial charge in [-0.15, -0.1) is 11.8 Å². The third-order valence-corrected chi connectivity index (χ3v) is 4.33. The summed E-state index contributed by atoms with van der Waals surface area (Å²) in [5.74, 6) is 0.205. The third-order valence-electron chi connectivity index (χ3n) is 2.70. The Morgan fingerprint density at radius 2 is 2.00 bits per heavy atom. The van der Waals surface area contributed by atoms with Crippen LogP contribution < -0.4 is 0 Å². The molecule has 2 nitrogen and oxygen atoms in total. The van der Waals surface area contributed by atoms with Crippen molar-refractivity contribution in [2.24, 2.45) is 0 Å². The number of carbonyl (C=O) groups is 1. The molecule has 0 fully saturated rings. The molecule has 0 aliphatic carbocycles. The van der Waals surface area contributed by atoms with E-state index >= 15 is 0 Å². The summed E-state index contributed by atoms with van der Waals surface area (Å²) < 4.78 is 1.06. The Bertz CT molecular complexity index is 380. The molecule has 0 radical (unpaired) electrons. The predicted molar refractivity (Wildman–Crippen MR) is 82.0 cm³/mol. The summed E-state index contributed by atoms with van der Waals surface area (Å²) in [5.41, 5.74) is 0. The predicted octanol–water partition coefficient (Wildman–Crippen LogP) is 4.19. The zero-order chi connectivity index (χ0) is 13.5. The smallest absolute Gasteiger partial charge is 0.235 e. The zero-order valence-corrected chi connectivity index (χ0v) is 13.6. The molecule has 100 valence electrons. The standard InChI is InChI=1S/C14H20BrNOS/c1-4-5-10-16(3)14(17)11(2)18-13-8-6-12(15)7-9-13/h6-9,11H,4-5,10H2,1-3H3. The molecule has 1 atom stereocenters. The zero-order valence-electron chi connectivity index (χ0n) is 11.1. The van der Waals surface area contributed by atoms with E-state index in [1.165, 1.54) is 0 Å². The van der Waals surface area contributed by atoms with Crippen molar-refractivity contribution in [3.8, 4) is 0 Å². The first-order valence-electron chi connectivity index (χ1n) is 6.21. The minimum absolute atomic E-state index is 0.0342. The molecule has 0 saturated carbocycles. The van der Waals surface area contributed by atoms with Gasteiger partial charge in [0, 0.05) is 23.0 Å². The van der Waals surface area contributed by atoms with E-state index in [-0.39, 0.29) is 11.2 Å². The molecule has 18 heavy (non-hydrogen) atoms. The van der Waals surface area contributed by atoms with Crippen LogP contribution in [0, 0.1) is 0 Å². The second-order valence-corrected chi connectivity index (χ2v) is 6.66. The number of rotatable bonds is 6. The van der Waals surface area contributed by atoms with Crippen LogP contribution in [0.15, 0.2) is 33.6 Å². The molecule has 1 aromatic rings. The lowest BCUT2D eigenvalue weighted by Crippen LogP contribution is -2.33. The maximum Gasteiger partial charge on any atom is 0.235 e. The minimum Gasteiger partial charge on any atom is -0.345 e. The van der Waals surface area contributed by atoms with Crippen LogP contribution in [0.3, 0.4) is 0 Å². The van der Waals surface area contributed by atoms with Crippen molar-refractivity contribution in [3.63, 3.8) is 0 Å². The maximum atomic E-state index is 12.1. The highest BCUT2D eigenvalue weighted by Crippen LogP contribution is 2.25. The second-order valence-electron chi connectivity index (χ2n) is 4.33. The van der Waals surface area contributed by atoms with Gasteiger partial charge < -0.3 is 4.90 Å². The Morgan fingerprint density at radius 3 is 2.56 bits per heavy atom. The second kappa shape index (κ2) is 7.85. The largest absolute Gasteiger partial charge is 0.345 e. The average molecular weight is 330 g/mol. The van der Waals surface area contributed by atoms with Crippen LogP contribution in [0.2, 0.25) is 0 Å². The first-order valence-corrected chi connectivity index (χ1v) is 7.89. The molecule has 0 aliphatic heterocycles. The van der Waals surface area contributed by atoms with Gasteiger partial charge in [0.15, 0.2) is 0 Å². The minimum atomic E-state index is -0.0342. The number of carbonyl (C=O) groups excluding carboxylic acids is 1. The number of benzene rings is 1. The van der Waals surface area contributed by atoms with Crippen molar-refractivity contribution in [2.75, 3.05) is 13.6 Å². The van der Waals surface area contributed by atoms with E-state index in [2.05, 4.69) is 22.9 Å². The van der Waals surface area contributed by atoms with Crippen molar-refractivity contribution in [1.29, 1.82) is 0 Å². The van der Waals surface area contributed by atoms with Gasteiger partial charge in [0.2, 0.25) is 5.91 Å². The van der Waals surface area contributed by atoms with E-state index in [0.29, 0.717) is 0 Å². The quantitative estimate of drug-likeness (QED) is 0.729. The van der Waals surface area contributed by atoms with Crippen LogP contribution in [0.25, 0.3) is 0 Å². The molecule has 0 aliphatic rings. The van der Waals surface area contributed by atoms with Gasteiger partial charge in [-0.2, -0.15) is 0 Å². The van der Waals surface area contributed by atoms with E-state index < -0.39 is 0 Å². The molecule has 0 spiro atoms. The molecule has 1 amide bonds. The van der Waals surface area contributed by atoms with Gasteiger partial charge in [0.1, 0.15) is 0 Å². The third kappa shape index (κ3) is 5.02. The Balaban J connectivity index is 2.51. The molecule has 1 unspecified atom stereocenters. The Morgan fingerprint density at radius 1 is 1.39 bits per heavy atom. The number of halogens is 1. The number of unbranched alkanes of at least 4 members (excludes halogenated alkanes) is 1. The molecule has 0 heterocycles. The normalized spacial score (nSPS) is 12.2. The molecule has 1 rings (SSSR count). The van der Waals surface area contributed by atoms with Crippen LogP contribution in [0.1, 0.15) is 26.7 Å². The van der Waals surface area contributed by atoms with Crippen molar-refractivity contribution >= 4 is 33.6 Å². The summed E-state index contributed by atoms with van der Waals surface area (Å²) in [4.78, 5) is 15.1. The fourth-order valence-electron chi connectivity index (χ4n) is 1.58. The van der Waals surface area contributed by atoms with Crippen LogP contribution in [-0.4, -0.2) is 29.6 Å². The Kier molecular flexibility index (Phi) is 6.79. The highest BCUT2D eigenvalue weighted by atomic mass is 79.9. The van der Waals surface area contributed by atoms with Crippen LogP contribution in [-0.2, 0) is 4.79 Å². The number of hydrogen-bond donors (Lipinski definition) is 0. The number of thioether (sulfide) groups is 1. The Hall–Kier alpha value is -0.480. The lowest BCUT2D eigenvalue weighted by Gasteiger charge is -2.20. The summed E-state index contributed by atoms with van der Waals surface area (Å²) in [7, 11) is 1.89. The van der Waals surface area contributed by atoms with E-state index in [9.17, 15) is 4.79 Å². The lowest BCUT2D eigenvalue weighted by molar-refractivity contribution is -0.129.